The van der Waals surface area contributed by atoms with Crippen molar-refractivity contribution in [2.45, 2.75) is 44.4 Å². The molecule has 32 heavy (non-hydrogen) atoms. The summed E-state index contributed by atoms with van der Waals surface area (Å²) in [6.07, 6.45) is 3.71. The van der Waals surface area contributed by atoms with Crippen LogP contribution >= 0.6 is 10.6 Å². The van der Waals surface area contributed by atoms with Gasteiger partial charge in [0, 0.05) is 35.5 Å². The number of hydrogen-bond donors (Lipinski definition) is 3. The Morgan fingerprint density at radius 2 is 1.88 bits per heavy atom. The zero-order chi connectivity index (χ0) is 23.4. The van der Waals surface area contributed by atoms with Crippen LogP contribution in [0.2, 0.25) is 0 Å². The highest BCUT2D eigenvalue weighted by atomic mass is 32.3. The molecule has 1 aliphatic heterocycles. The third-order valence-electron chi connectivity index (χ3n) is 6.12. The second-order valence-corrected chi connectivity index (χ2v) is 10.4. The molecule has 0 aromatic heterocycles. The van der Waals surface area contributed by atoms with Gasteiger partial charge in [-0.05, 0) is 25.0 Å². The number of unbranched alkanes of at least 4 members (excludes halogenated alkanes) is 1. The number of anilines is 2. The van der Waals surface area contributed by atoms with Gasteiger partial charge in [-0.1, -0.05) is 44.9 Å². The van der Waals surface area contributed by atoms with Crippen molar-refractivity contribution >= 4 is 27.9 Å². The maximum absolute atomic E-state index is 11.4. The lowest BCUT2D eigenvalue weighted by Gasteiger charge is -2.41. The summed E-state index contributed by atoms with van der Waals surface area (Å²) in [5.74, 6) is -0.348. The average Bonchev–Trinajstić information content (AvgIpc) is 2.88. The van der Waals surface area contributed by atoms with E-state index in [1.165, 1.54) is 13.2 Å². The first kappa shape index (κ1) is 24.2. The Morgan fingerprint density at radius 3 is 2.47 bits per heavy atom. The number of methoxy groups -OCH3 is 1. The van der Waals surface area contributed by atoms with Gasteiger partial charge in [0.25, 0.3) is 0 Å². The fourth-order valence-electron chi connectivity index (χ4n) is 4.32. The van der Waals surface area contributed by atoms with Crippen LogP contribution in [0.1, 0.15) is 39.5 Å². The Bertz CT molecular complexity index is 936. The predicted octanol–water partition coefficient (Wildman–Crippen LogP) is 6.01. The Morgan fingerprint density at radius 1 is 1.16 bits per heavy atom. The Kier molecular flexibility index (Phi) is 7.59. The van der Waals surface area contributed by atoms with Crippen molar-refractivity contribution in [3.8, 4) is 11.5 Å². The second-order valence-electron chi connectivity index (χ2n) is 8.34. The minimum Gasteiger partial charge on any atom is -0.493 e. The van der Waals surface area contributed by atoms with Crippen LogP contribution in [0.25, 0.3) is 0 Å². The third kappa shape index (κ3) is 5.14. The second kappa shape index (κ2) is 10.0. The van der Waals surface area contributed by atoms with E-state index in [0.717, 1.165) is 31.4 Å². The first-order chi connectivity index (χ1) is 15.2. The fraction of sp³-hybridized carbons (Fsp3) is 0.458. The van der Waals surface area contributed by atoms with Crippen LogP contribution in [-0.4, -0.2) is 46.2 Å². The van der Waals surface area contributed by atoms with E-state index in [2.05, 4.69) is 18.7 Å². The summed E-state index contributed by atoms with van der Waals surface area (Å²) in [7, 11) is -1.70. The fourth-order valence-corrected chi connectivity index (χ4v) is 6.57. The highest BCUT2D eigenvalue weighted by Gasteiger charge is 2.42. The number of ether oxygens (including phenoxy) is 2. The number of carboxylic acid groups (broad SMARTS) is 1. The van der Waals surface area contributed by atoms with Crippen LogP contribution in [0.3, 0.4) is 0 Å². The summed E-state index contributed by atoms with van der Waals surface area (Å²) in [6, 6.07) is 13.1. The quantitative estimate of drug-likeness (QED) is 0.419. The summed E-state index contributed by atoms with van der Waals surface area (Å²) in [5.41, 5.74) is 1.29. The Balaban J connectivity index is 2.21. The van der Waals surface area contributed by atoms with Crippen molar-refractivity contribution in [1.82, 2.24) is 0 Å². The monoisotopic (exact) mass is 463 g/mol. The molecule has 0 amide bonds. The van der Waals surface area contributed by atoms with Gasteiger partial charge in [0.15, 0.2) is 18.1 Å². The standard InChI is InChI=1S/C24H33NO6S/c1-4-6-12-24(5-2)16-25(18-10-8-7-9-11-18)19-13-20(30-3)21(31-15-23(26)27)14-22(19)32(28,29)17-24/h7-11,13-14,28-29H,4-6,12,15-17H2,1-3H3,(H,26,27). The molecular weight excluding hydrogens is 430 g/mol. The van der Waals surface area contributed by atoms with Crippen LogP contribution in [0, 0.1) is 5.41 Å². The molecule has 8 heteroatoms. The summed E-state index contributed by atoms with van der Waals surface area (Å²) in [6.45, 7) is 4.33. The molecule has 0 aliphatic carbocycles. The number of rotatable bonds is 9. The van der Waals surface area contributed by atoms with Crippen LogP contribution in [-0.2, 0) is 4.79 Å². The first-order valence-electron chi connectivity index (χ1n) is 10.9. The van der Waals surface area contributed by atoms with Crippen LogP contribution < -0.4 is 14.4 Å². The molecule has 0 bridgehead atoms. The molecule has 1 unspecified atom stereocenters. The summed E-state index contributed by atoms with van der Waals surface area (Å²) in [4.78, 5) is 13.5. The highest BCUT2D eigenvalue weighted by Crippen LogP contribution is 2.62. The first-order valence-corrected chi connectivity index (χ1v) is 12.6. The van der Waals surface area contributed by atoms with Crippen molar-refractivity contribution in [2.24, 2.45) is 5.41 Å². The molecule has 7 nitrogen and oxygen atoms in total. The molecule has 1 heterocycles. The predicted molar refractivity (Wildman–Crippen MR) is 128 cm³/mol. The lowest BCUT2D eigenvalue weighted by molar-refractivity contribution is -0.139. The van der Waals surface area contributed by atoms with Gasteiger partial charge in [-0.3, -0.25) is 9.11 Å². The Labute approximate surface area is 191 Å². The maximum atomic E-state index is 11.4. The van der Waals surface area contributed by atoms with Crippen LogP contribution in [0.5, 0.6) is 11.5 Å². The van der Waals surface area contributed by atoms with Gasteiger partial charge in [0.2, 0.25) is 0 Å². The molecule has 1 atom stereocenters. The number of carbonyl (C=O) groups is 1. The van der Waals surface area contributed by atoms with E-state index < -0.39 is 23.2 Å². The SMILES string of the molecule is CCCCC1(CC)CN(c2ccccc2)c2cc(OC)c(OCC(=O)O)cc2S(O)(O)C1. The molecular formula is C24H33NO6S. The molecule has 0 spiro atoms. The van der Waals surface area contributed by atoms with Gasteiger partial charge >= 0.3 is 5.97 Å². The third-order valence-corrected chi connectivity index (χ3v) is 8.17. The van der Waals surface area contributed by atoms with E-state index in [1.54, 1.807) is 6.07 Å². The lowest BCUT2D eigenvalue weighted by atomic mass is 9.81. The van der Waals surface area contributed by atoms with E-state index in [0.29, 0.717) is 22.9 Å². The van der Waals surface area contributed by atoms with Crippen molar-refractivity contribution < 1.29 is 28.5 Å². The number of benzene rings is 2. The normalized spacial score (nSPS) is 20.7. The molecule has 1 aliphatic rings. The Hall–Kier alpha value is -2.42. The molecule has 2 aromatic rings. The van der Waals surface area contributed by atoms with Gasteiger partial charge in [-0.2, -0.15) is 10.6 Å². The lowest BCUT2D eigenvalue weighted by Crippen LogP contribution is -2.37. The van der Waals surface area contributed by atoms with Crippen molar-refractivity contribution in [2.75, 3.05) is 30.9 Å². The highest BCUT2D eigenvalue weighted by molar-refractivity contribution is 8.24. The van der Waals surface area contributed by atoms with Crippen LogP contribution in [0.4, 0.5) is 11.4 Å². The van der Waals surface area contributed by atoms with Crippen molar-refractivity contribution in [3.63, 3.8) is 0 Å². The van der Waals surface area contributed by atoms with Gasteiger partial charge in [-0.15, -0.1) is 0 Å². The number of fused-ring (bicyclic) bond motifs is 1. The average molecular weight is 464 g/mol. The molecule has 0 saturated carbocycles. The zero-order valence-corrected chi connectivity index (χ0v) is 19.7. The van der Waals surface area contributed by atoms with Gasteiger partial charge in [-0.25, -0.2) is 4.79 Å². The summed E-state index contributed by atoms with van der Waals surface area (Å²) in [5, 5.41) is 9.03. The van der Waals surface area contributed by atoms with E-state index in [9.17, 15) is 13.9 Å². The van der Waals surface area contributed by atoms with Gasteiger partial charge in [0.05, 0.1) is 17.7 Å². The van der Waals surface area contributed by atoms with Gasteiger partial charge < -0.3 is 19.5 Å². The molecule has 176 valence electrons. The minimum absolute atomic E-state index is 0.180. The van der Waals surface area contributed by atoms with Crippen molar-refractivity contribution in [1.29, 1.82) is 0 Å². The smallest absolute Gasteiger partial charge is 0.341 e. The molecule has 0 fully saturated rings. The largest absolute Gasteiger partial charge is 0.493 e. The molecule has 3 N–H and O–H groups in total. The summed E-state index contributed by atoms with van der Waals surface area (Å²) < 4.78 is 33.7. The molecule has 3 rings (SSSR count). The van der Waals surface area contributed by atoms with Crippen LogP contribution in [0.15, 0.2) is 47.4 Å². The number of hydrogen-bond acceptors (Lipinski definition) is 6. The number of nitrogens with zero attached hydrogens (tertiary/aromatic N) is 1. The minimum atomic E-state index is -3.18. The number of carboxylic acids is 1. The van der Waals surface area contributed by atoms with E-state index in [1.807, 2.05) is 30.3 Å². The summed E-state index contributed by atoms with van der Waals surface area (Å²) >= 11 is 0. The number of para-hydroxylation sites is 1. The zero-order valence-electron chi connectivity index (χ0n) is 18.9. The molecule has 0 radical (unpaired) electrons. The number of aliphatic carboxylic acids is 1. The van der Waals surface area contributed by atoms with E-state index in [-0.39, 0.29) is 16.9 Å². The topological polar surface area (TPSA) is 99.5 Å². The van der Waals surface area contributed by atoms with Gasteiger partial charge in [0.1, 0.15) is 0 Å². The van der Waals surface area contributed by atoms with E-state index >= 15 is 0 Å². The molecule has 0 saturated heterocycles. The molecule has 2 aromatic carbocycles. The van der Waals surface area contributed by atoms with Crippen molar-refractivity contribution in [3.05, 3.63) is 42.5 Å². The maximum Gasteiger partial charge on any atom is 0.341 e. The van der Waals surface area contributed by atoms with E-state index in [4.69, 9.17) is 14.6 Å².